The highest BCUT2D eigenvalue weighted by Crippen LogP contribution is 2.28. The number of pyridine rings is 1. The Hall–Kier alpha value is -4.39. The van der Waals surface area contributed by atoms with Crippen molar-refractivity contribution in [2.75, 3.05) is 12.4 Å². The number of nitrogens with one attached hydrogen (secondary N) is 1. The van der Waals surface area contributed by atoms with Crippen LogP contribution in [0.2, 0.25) is 0 Å². The summed E-state index contributed by atoms with van der Waals surface area (Å²) in [4.78, 5) is 16.6. The number of methoxy groups -OCH3 is 1. The first-order valence-corrected chi connectivity index (χ1v) is 9.57. The quantitative estimate of drug-likeness (QED) is 0.445. The number of anilines is 1. The maximum absolute atomic E-state index is 12.4. The fourth-order valence-electron chi connectivity index (χ4n) is 2.81. The van der Waals surface area contributed by atoms with E-state index in [9.17, 15) is 4.79 Å². The van der Waals surface area contributed by atoms with Crippen LogP contribution in [0.5, 0.6) is 17.4 Å². The number of aromatic nitrogens is 3. The Morgan fingerprint density at radius 1 is 1.00 bits per heavy atom. The molecule has 0 spiro atoms. The molecule has 31 heavy (non-hydrogen) atoms. The molecule has 154 valence electrons. The van der Waals surface area contributed by atoms with Gasteiger partial charge in [0.1, 0.15) is 17.2 Å². The van der Waals surface area contributed by atoms with Gasteiger partial charge >= 0.3 is 0 Å². The fourth-order valence-corrected chi connectivity index (χ4v) is 2.81. The van der Waals surface area contributed by atoms with Gasteiger partial charge in [-0.15, -0.1) is 0 Å². The van der Waals surface area contributed by atoms with Gasteiger partial charge in [-0.2, -0.15) is 5.10 Å². The summed E-state index contributed by atoms with van der Waals surface area (Å²) in [5.41, 5.74) is 2.22. The highest BCUT2D eigenvalue weighted by Gasteiger charge is 2.09. The maximum Gasteiger partial charge on any atom is 0.248 e. The lowest BCUT2D eigenvalue weighted by Gasteiger charge is -2.10. The van der Waals surface area contributed by atoms with Gasteiger partial charge in [0, 0.05) is 24.0 Å². The fraction of sp³-hybridized carbons (Fsp3) is 0.0417. The van der Waals surface area contributed by atoms with Gasteiger partial charge in [0.2, 0.25) is 11.8 Å². The lowest BCUT2D eigenvalue weighted by Crippen LogP contribution is -2.09. The Morgan fingerprint density at radius 2 is 1.77 bits per heavy atom. The van der Waals surface area contributed by atoms with E-state index in [1.165, 1.54) is 6.08 Å². The number of hydrogen-bond acceptors (Lipinski definition) is 5. The van der Waals surface area contributed by atoms with E-state index in [-0.39, 0.29) is 5.91 Å². The first-order chi connectivity index (χ1) is 15.2. The van der Waals surface area contributed by atoms with Crippen LogP contribution in [0, 0.1) is 0 Å². The third kappa shape index (κ3) is 5.16. The van der Waals surface area contributed by atoms with Crippen LogP contribution in [0.4, 0.5) is 5.69 Å². The number of benzene rings is 2. The third-order valence-corrected chi connectivity index (χ3v) is 4.35. The monoisotopic (exact) mass is 412 g/mol. The highest BCUT2D eigenvalue weighted by atomic mass is 16.5. The zero-order valence-corrected chi connectivity index (χ0v) is 16.8. The molecule has 0 aliphatic carbocycles. The summed E-state index contributed by atoms with van der Waals surface area (Å²) in [6.45, 7) is 0. The minimum atomic E-state index is -0.306. The molecule has 0 atom stereocenters. The predicted octanol–water partition coefficient (Wildman–Crippen LogP) is 4.72. The van der Waals surface area contributed by atoms with Crippen molar-refractivity contribution in [1.82, 2.24) is 14.8 Å². The van der Waals surface area contributed by atoms with Crippen molar-refractivity contribution in [1.29, 1.82) is 0 Å². The first-order valence-electron chi connectivity index (χ1n) is 9.57. The van der Waals surface area contributed by atoms with Crippen LogP contribution < -0.4 is 14.8 Å². The van der Waals surface area contributed by atoms with Crippen LogP contribution in [0.25, 0.3) is 11.8 Å². The van der Waals surface area contributed by atoms with Crippen LogP contribution in [0.1, 0.15) is 5.56 Å². The maximum atomic E-state index is 12.4. The van der Waals surface area contributed by atoms with Crippen molar-refractivity contribution in [3.63, 3.8) is 0 Å². The summed E-state index contributed by atoms with van der Waals surface area (Å²) in [6.07, 6.45) is 8.28. The minimum absolute atomic E-state index is 0.298. The Balaban J connectivity index is 1.42. The summed E-state index contributed by atoms with van der Waals surface area (Å²) in [5.74, 6) is 1.30. The molecule has 0 radical (unpaired) electrons. The number of carbonyl (C=O) groups excluding carboxylic acids is 1. The lowest BCUT2D eigenvalue weighted by molar-refractivity contribution is -0.111. The van der Waals surface area contributed by atoms with E-state index < -0.39 is 0 Å². The van der Waals surface area contributed by atoms with E-state index in [2.05, 4.69) is 15.4 Å². The van der Waals surface area contributed by atoms with Crippen LogP contribution in [-0.4, -0.2) is 27.8 Å². The molecule has 1 N–H and O–H groups in total. The standard InChI is InChI=1S/C24H20N4O3/c1-30-20-10-12-21(13-11-20)31-24-22(8-5-15-25-24)27-23(29)14-9-18-16-26-28(17-18)19-6-3-2-4-7-19/h2-17H,1H3,(H,27,29)/b14-9+. The predicted molar refractivity (Wildman–Crippen MR) is 119 cm³/mol. The molecule has 0 aliphatic rings. The molecule has 0 aliphatic heterocycles. The van der Waals surface area contributed by atoms with Gasteiger partial charge in [0.15, 0.2) is 0 Å². The number of ether oxygens (including phenoxy) is 2. The Labute approximate surface area is 179 Å². The number of para-hydroxylation sites is 1. The van der Waals surface area contributed by atoms with Crippen molar-refractivity contribution in [3.8, 4) is 23.1 Å². The van der Waals surface area contributed by atoms with Gasteiger partial charge in [0.05, 0.1) is 19.0 Å². The Morgan fingerprint density at radius 3 is 2.55 bits per heavy atom. The average Bonchev–Trinajstić information content (AvgIpc) is 3.29. The van der Waals surface area contributed by atoms with Crippen molar-refractivity contribution in [3.05, 3.63) is 97.0 Å². The molecule has 4 aromatic rings. The molecule has 0 bridgehead atoms. The number of rotatable bonds is 7. The minimum Gasteiger partial charge on any atom is -0.497 e. The number of carbonyl (C=O) groups is 1. The number of nitrogens with zero attached hydrogens (tertiary/aromatic N) is 3. The van der Waals surface area contributed by atoms with Crippen LogP contribution in [0.15, 0.2) is 91.4 Å². The smallest absolute Gasteiger partial charge is 0.248 e. The van der Waals surface area contributed by atoms with Crippen LogP contribution in [0.3, 0.4) is 0 Å². The third-order valence-electron chi connectivity index (χ3n) is 4.35. The van der Waals surface area contributed by atoms with Crippen LogP contribution >= 0.6 is 0 Å². The van der Waals surface area contributed by atoms with E-state index in [4.69, 9.17) is 9.47 Å². The van der Waals surface area contributed by atoms with Crippen molar-refractivity contribution in [2.24, 2.45) is 0 Å². The van der Waals surface area contributed by atoms with E-state index in [1.54, 1.807) is 66.7 Å². The summed E-state index contributed by atoms with van der Waals surface area (Å²) >= 11 is 0. The van der Waals surface area contributed by atoms with Crippen molar-refractivity contribution >= 4 is 17.7 Å². The topological polar surface area (TPSA) is 78.3 Å². The molecule has 1 amide bonds. The summed E-state index contributed by atoms with van der Waals surface area (Å²) in [6, 6.07) is 20.3. The van der Waals surface area contributed by atoms with Gasteiger partial charge in [-0.1, -0.05) is 18.2 Å². The molecule has 0 saturated heterocycles. The summed E-state index contributed by atoms with van der Waals surface area (Å²) in [7, 11) is 1.60. The molecule has 2 aromatic carbocycles. The number of amides is 1. The molecule has 7 nitrogen and oxygen atoms in total. The lowest BCUT2D eigenvalue weighted by atomic mass is 10.3. The van der Waals surface area contributed by atoms with Crippen molar-refractivity contribution in [2.45, 2.75) is 0 Å². The molecular formula is C24H20N4O3. The molecule has 2 heterocycles. The van der Waals surface area contributed by atoms with Crippen molar-refractivity contribution < 1.29 is 14.3 Å². The largest absolute Gasteiger partial charge is 0.497 e. The second-order valence-electron chi connectivity index (χ2n) is 6.51. The van der Waals surface area contributed by atoms with Gasteiger partial charge < -0.3 is 14.8 Å². The van der Waals surface area contributed by atoms with E-state index in [1.807, 2.05) is 36.5 Å². The van der Waals surface area contributed by atoms with E-state index in [0.717, 1.165) is 17.0 Å². The number of hydrogen-bond donors (Lipinski definition) is 1. The van der Waals surface area contributed by atoms with Gasteiger partial charge in [-0.25, -0.2) is 9.67 Å². The molecule has 0 saturated carbocycles. The molecular weight excluding hydrogens is 392 g/mol. The summed E-state index contributed by atoms with van der Waals surface area (Å²) in [5, 5.41) is 7.11. The molecule has 0 fully saturated rings. The zero-order chi connectivity index (χ0) is 21.5. The van der Waals surface area contributed by atoms with E-state index >= 15 is 0 Å². The van der Waals surface area contributed by atoms with Gasteiger partial charge in [0.25, 0.3) is 0 Å². The normalized spacial score (nSPS) is 10.7. The zero-order valence-electron chi connectivity index (χ0n) is 16.8. The molecule has 7 heteroatoms. The second-order valence-corrected chi connectivity index (χ2v) is 6.51. The Kier molecular flexibility index (Phi) is 6.04. The van der Waals surface area contributed by atoms with E-state index in [0.29, 0.717) is 17.3 Å². The Bertz CT molecular complexity index is 1180. The highest BCUT2D eigenvalue weighted by molar-refractivity contribution is 6.02. The first kappa shape index (κ1) is 19.9. The van der Waals surface area contributed by atoms with Gasteiger partial charge in [-0.3, -0.25) is 4.79 Å². The molecule has 0 unspecified atom stereocenters. The summed E-state index contributed by atoms with van der Waals surface area (Å²) < 4.78 is 12.7. The molecule has 2 aromatic heterocycles. The molecule has 4 rings (SSSR count). The average molecular weight is 412 g/mol. The van der Waals surface area contributed by atoms with Crippen LogP contribution in [-0.2, 0) is 4.79 Å². The second kappa shape index (κ2) is 9.41. The van der Waals surface area contributed by atoms with Gasteiger partial charge in [-0.05, 0) is 54.6 Å². The SMILES string of the molecule is COc1ccc(Oc2ncccc2NC(=O)/C=C/c2cnn(-c3ccccc3)c2)cc1.